The van der Waals surface area contributed by atoms with E-state index in [2.05, 4.69) is 32.6 Å². The molecule has 8 heteroatoms. The molecule has 1 aliphatic heterocycles. The lowest BCUT2D eigenvalue weighted by molar-refractivity contribution is -0.119. The number of pyridine rings is 1. The van der Waals surface area contributed by atoms with Gasteiger partial charge in [0.25, 0.3) is 0 Å². The van der Waals surface area contributed by atoms with E-state index in [1.807, 2.05) is 24.4 Å². The number of nitrogens with one attached hydrogen (secondary N) is 2. The summed E-state index contributed by atoms with van der Waals surface area (Å²) in [5.41, 5.74) is 7.29. The van der Waals surface area contributed by atoms with Crippen molar-refractivity contribution in [1.29, 1.82) is 0 Å². The number of carbonyl (C=O) groups is 2. The van der Waals surface area contributed by atoms with Gasteiger partial charge in [-0.05, 0) is 49.1 Å². The Hall–Kier alpha value is -3.68. The van der Waals surface area contributed by atoms with Crippen LogP contribution in [0.5, 0.6) is 0 Å². The molecule has 1 aliphatic carbocycles. The van der Waals surface area contributed by atoms with Crippen LogP contribution in [0.4, 0.5) is 10.5 Å². The highest BCUT2D eigenvalue weighted by atomic mass is 16.6. The Morgan fingerprint density at radius 2 is 2.23 bits per heavy atom. The summed E-state index contributed by atoms with van der Waals surface area (Å²) in [5.74, 6) is -0.138. The molecule has 3 heterocycles. The van der Waals surface area contributed by atoms with E-state index < -0.39 is 0 Å². The van der Waals surface area contributed by atoms with E-state index in [0.717, 1.165) is 47.5 Å². The summed E-state index contributed by atoms with van der Waals surface area (Å²) in [4.78, 5) is 29.4. The van der Waals surface area contributed by atoms with Gasteiger partial charge in [0.2, 0.25) is 5.91 Å². The van der Waals surface area contributed by atoms with Gasteiger partial charge in [0.05, 0.1) is 24.5 Å². The summed E-state index contributed by atoms with van der Waals surface area (Å²) >= 11 is 0. The van der Waals surface area contributed by atoms with E-state index in [1.165, 1.54) is 18.1 Å². The van der Waals surface area contributed by atoms with E-state index >= 15 is 0 Å². The molecule has 2 N–H and O–H groups in total. The predicted octanol–water partition coefficient (Wildman–Crippen LogP) is 3.09. The molecule has 3 aromatic rings. The Morgan fingerprint density at radius 3 is 3.03 bits per heavy atom. The van der Waals surface area contributed by atoms with Crippen molar-refractivity contribution in [3.05, 3.63) is 53.9 Å². The van der Waals surface area contributed by atoms with E-state index in [0.29, 0.717) is 13.1 Å². The first-order chi connectivity index (χ1) is 15.1. The second kappa shape index (κ2) is 7.86. The molecule has 158 valence electrons. The normalized spacial score (nSPS) is 17.5. The van der Waals surface area contributed by atoms with Crippen LogP contribution in [0.2, 0.25) is 0 Å². The molecule has 1 unspecified atom stereocenters. The quantitative estimate of drug-likeness (QED) is 0.680. The molecule has 0 saturated carbocycles. The molecule has 0 radical (unpaired) electrons. The van der Waals surface area contributed by atoms with Crippen LogP contribution in [0.3, 0.4) is 0 Å². The van der Waals surface area contributed by atoms with Crippen molar-refractivity contribution in [1.82, 2.24) is 20.5 Å². The molecule has 5 rings (SSSR count). The average molecular weight is 417 g/mol. The number of rotatable bonds is 4. The van der Waals surface area contributed by atoms with Gasteiger partial charge >= 0.3 is 6.09 Å². The van der Waals surface area contributed by atoms with Crippen LogP contribution in [0, 0.1) is 0 Å². The number of aryl methyl sites for hydroxylation is 1. The fourth-order valence-electron chi connectivity index (χ4n) is 4.32. The molecule has 2 amide bonds. The summed E-state index contributed by atoms with van der Waals surface area (Å²) in [7, 11) is 0. The topological polar surface area (TPSA) is 100 Å². The van der Waals surface area contributed by atoms with Gasteiger partial charge in [-0.25, -0.2) is 4.79 Å². The SMILES string of the molecule is CC(=O)NCC1CN(c2ccc3c(c2)CCCc2c(-c4cccnc4)n[nH]c2-3)C(=O)O1. The molecule has 2 aliphatic rings. The summed E-state index contributed by atoms with van der Waals surface area (Å²) < 4.78 is 5.41. The number of carbonyl (C=O) groups excluding carboxylic acids is 2. The van der Waals surface area contributed by atoms with Gasteiger partial charge in [-0.1, -0.05) is 6.07 Å². The first kappa shape index (κ1) is 19.3. The van der Waals surface area contributed by atoms with Crippen molar-refractivity contribution in [2.75, 3.05) is 18.0 Å². The molecule has 0 spiro atoms. The number of nitrogens with zero attached hydrogens (tertiary/aromatic N) is 3. The number of fused-ring (bicyclic) bond motifs is 3. The van der Waals surface area contributed by atoms with Gasteiger partial charge in [0.1, 0.15) is 6.10 Å². The number of H-pyrrole nitrogens is 1. The van der Waals surface area contributed by atoms with Crippen molar-refractivity contribution in [3.63, 3.8) is 0 Å². The van der Waals surface area contributed by atoms with Crippen molar-refractivity contribution in [2.45, 2.75) is 32.3 Å². The van der Waals surface area contributed by atoms with Crippen LogP contribution in [0.25, 0.3) is 22.5 Å². The summed E-state index contributed by atoms with van der Waals surface area (Å²) in [6.45, 7) is 2.18. The lowest BCUT2D eigenvalue weighted by Crippen LogP contribution is -2.33. The number of amides is 2. The van der Waals surface area contributed by atoms with Crippen molar-refractivity contribution < 1.29 is 14.3 Å². The monoisotopic (exact) mass is 417 g/mol. The van der Waals surface area contributed by atoms with Crippen LogP contribution in [-0.4, -0.2) is 46.4 Å². The summed E-state index contributed by atoms with van der Waals surface area (Å²) in [5, 5.41) is 10.5. The van der Waals surface area contributed by atoms with Gasteiger partial charge < -0.3 is 10.1 Å². The van der Waals surface area contributed by atoms with Gasteiger partial charge in [0, 0.05) is 41.7 Å². The van der Waals surface area contributed by atoms with Gasteiger partial charge in [-0.2, -0.15) is 5.10 Å². The maximum Gasteiger partial charge on any atom is 0.414 e. The number of aromatic amines is 1. The minimum Gasteiger partial charge on any atom is -0.442 e. The molecular weight excluding hydrogens is 394 g/mol. The van der Waals surface area contributed by atoms with Crippen LogP contribution in [-0.2, 0) is 22.4 Å². The average Bonchev–Trinajstić information content (AvgIpc) is 3.31. The zero-order valence-electron chi connectivity index (χ0n) is 17.2. The summed E-state index contributed by atoms with van der Waals surface area (Å²) in [6, 6.07) is 10.0. The third kappa shape index (κ3) is 3.65. The standard InChI is InChI=1S/C23H23N5O3/c1-14(29)25-12-18-13-28(23(30)31-18)17-7-8-19-15(10-17)4-2-6-20-21(26-27-22(19)20)16-5-3-9-24-11-16/h3,5,7-11,18H,2,4,6,12-13H2,1H3,(H,25,29)(H,26,27). The molecular formula is C23H23N5O3. The third-order valence-corrected chi connectivity index (χ3v) is 5.80. The maximum atomic E-state index is 12.4. The minimum atomic E-state index is -0.384. The Bertz CT molecular complexity index is 1140. The Labute approximate surface area is 179 Å². The van der Waals surface area contributed by atoms with Crippen LogP contribution in [0.1, 0.15) is 24.5 Å². The number of aromatic nitrogens is 3. The van der Waals surface area contributed by atoms with Crippen molar-refractivity contribution in [3.8, 4) is 22.5 Å². The van der Waals surface area contributed by atoms with Crippen LogP contribution >= 0.6 is 0 Å². The van der Waals surface area contributed by atoms with Gasteiger partial charge in [-0.3, -0.25) is 19.8 Å². The largest absolute Gasteiger partial charge is 0.442 e. The predicted molar refractivity (Wildman–Crippen MR) is 116 cm³/mol. The Kier molecular flexibility index (Phi) is 4.89. The molecule has 31 heavy (non-hydrogen) atoms. The number of benzene rings is 1. The minimum absolute atomic E-state index is 0.138. The van der Waals surface area contributed by atoms with Crippen LogP contribution < -0.4 is 10.2 Å². The Balaban J connectivity index is 1.43. The fraction of sp³-hybridized carbons (Fsp3) is 0.304. The number of hydrogen-bond acceptors (Lipinski definition) is 5. The fourth-order valence-corrected chi connectivity index (χ4v) is 4.32. The van der Waals surface area contributed by atoms with Gasteiger partial charge in [0.15, 0.2) is 0 Å². The van der Waals surface area contributed by atoms with E-state index in [4.69, 9.17) is 4.74 Å². The Morgan fingerprint density at radius 1 is 1.32 bits per heavy atom. The first-order valence-corrected chi connectivity index (χ1v) is 10.4. The lowest BCUT2D eigenvalue weighted by Gasteiger charge is -2.16. The summed E-state index contributed by atoms with van der Waals surface area (Å²) in [6.07, 6.45) is 5.69. The second-order valence-electron chi connectivity index (χ2n) is 7.92. The number of anilines is 1. The molecule has 0 bridgehead atoms. The van der Waals surface area contributed by atoms with Crippen molar-refractivity contribution >= 4 is 17.7 Å². The highest BCUT2D eigenvalue weighted by Crippen LogP contribution is 2.38. The molecule has 1 saturated heterocycles. The molecule has 2 aromatic heterocycles. The molecule has 1 atom stereocenters. The van der Waals surface area contributed by atoms with Crippen molar-refractivity contribution in [2.24, 2.45) is 0 Å². The third-order valence-electron chi connectivity index (χ3n) is 5.80. The van der Waals surface area contributed by atoms with Gasteiger partial charge in [-0.15, -0.1) is 0 Å². The van der Waals surface area contributed by atoms with E-state index in [9.17, 15) is 9.59 Å². The smallest absolute Gasteiger partial charge is 0.414 e. The highest BCUT2D eigenvalue weighted by molar-refractivity contribution is 5.91. The lowest BCUT2D eigenvalue weighted by atomic mass is 9.99. The first-order valence-electron chi connectivity index (χ1n) is 10.4. The van der Waals surface area contributed by atoms with E-state index in [-0.39, 0.29) is 18.1 Å². The number of hydrogen-bond donors (Lipinski definition) is 2. The second-order valence-corrected chi connectivity index (χ2v) is 7.92. The molecule has 8 nitrogen and oxygen atoms in total. The number of cyclic esters (lactones) is 1. The van der Waals surface area contributed by atoms with E-state index in [1.54, 1.807) is 11.1 Å². The zero-order valence-corrected chi connectivity index (χ0v) is 17.2. The molecule has 1 aromatic carbocycles. The number of ether oxygens (including phenoxy) is 1. The zero-order chi connectivity index (χ0) is 21.4. The maximum absolute atomic E-state index is 12.4. The van der Waals surface area contributed by atoms with Crippen LogP contribution in [0.15, 0.2) is 42.7 Å². The molecule has 1 fully saturated rings. The highest BCUT2D eigenvalue weighted by Gasteiger charge is 2.33.